The molecule has 0 aromatic carbocycles. The van der Waals surface area contributed by atoms with E-state index < -0.39 is 10.2 Å². The highest BCUT2D eigenvalue weighted by atomic mass is 79.9. The van der Waals surface area contributed by atoms with Gasteiger partial charge in [-0.15, -0.1) is 0 Å². The predicted molar refractivity (Wildman–Crippen MR) is 69.1 cm³/mol. The van der Waals surface area contributed by atoms with Gasteiger partial charge in [-0.1, -0.05) is 0 Å². The van der Waals surface area contributed by atoms with Crippen molar-refractivity contribution in [3.05, 3.63) is 29.1 Å². The fraction of sp³-hybridized carbons (Fsp3) is 0.222. The SMILES string of the molecule is CN(C)S(=O)(=O)Nc1ccc2ncc(Br)n2c1. The van der Waals surface area contributed by atoms with E-state index in [1.807, 2.05) is 0 Å². The molecular formula is C9H11BrN4O2S. The van der Waals surface area contributed by atoms with Crippen molar-refractivity contribution in [1.29, 1.82) is 0 Å². The number of hydrogen-bond donors (Lipinski definition) is 1. The van der Waals surface area contributed by atoms with Crippen LogP contribution in [0.3, 0.4) is 0 Å². The highest BCUT2D eigenvalue weighted by Gasteiger charge is 2.13. The van der Waals surface area contributed by atoms with E-state index in [1.54, 1.807) is 28.9 Å². The number of aromatic nitrogens is 2. The van der Waals surface area contributed by atoms with E-state index in [4.69, 9.17) is 0 Å². The van der Waals surface area contributed by atoms with E-state index in [-0.39, 0.29) is 0 Å². The van der Waals surface area contributed by atoms with Gasteiger partial charge in [-0.3, -0.25) is 9.12 Å². The third-order valence-corrected chi connectivity index (χ3v) is 4.23. The number of pyridine rings is 1. The normalized spacial score (nSPS) is 12.2. The van der Waals surface area contributed by atoms with Gasteiger partial charge in [0.2, 0.25) is 0 Å². The van der Waals surface area contributed by atoms with E-state index in [1.165, 1.54) is 14.1 Å². The third-order valence-electron chi connectivity index (χ3n) is 2.19. The van der Waals surface area contributed by atoms with Crippen molar-refractivity contribution in [3.8, 4) is 0 Å². The standard InChI is InChI=1S/C9H11BrN4O2S/c1-13(2)17(15,16)12-7-3-4-9-11-5-8(10)14(9)6-7/h3-6,12H,1-2H3. The van der Waals surface area contributed by atoms with Crippen LogP contribution in [-0.2, 0) is 10.2 Å². The van der Waals surface area contributed by atoms with E-state index in [0.29, 0.717) is 5.69 Å². The second-order valence-electron chi connectivity index (χ2n) is 3.62. The molecule has 2 aromatic heterocycles. The Kier molecular flexibility index (Phi) is 3.11. The number of nitrogens with one attached hydrogen (secondary N) is 1. The zero-order valence-corrected chi connectivity index (χ0v) is 11.7. The summed E-state index contributed by atoms with van der Waals surface area (Å²) in [6.45, 7) is 0. The molecule has 6 nitrogen and oxygen atoms in total. The first kappa shape index (κ1) is 12.3. The summed E-state index contributed by atoms with van der Waals surface area (Å²) in [6, 6.07) is 3.40. The Morgan fingerprint density at radius 1 is 1.41 bits per heavy atom. The van der Waals surface area contributed by atoms with Gasteiger partial charge < -0.3 is 0 Å². The van der Waals surface area contributed by atoms with Crippen LogP contribution in [0.4, 0.5) is 5.69 Å². The average Bonchev–Trinajstić information content (AvgIpc) is 2.60. The minimum atomic E-state index is -3.48. The summed E-state index contributed by atoms with van der Waals surface area (Å²) in [5.74, 6) is 0. The van der Waals surface area contributed by atoms with Crippen LogP contribution < -0.4 is 4.72 Å². The van der Waals surface area contributed by atoms with Gasteiger partial charge in [-0.25, -0.2) is 4.98 Å². The molecule has 0 radical (unpaired) electrons. The molecule has 0 saturated carbocycles. The van der Waals surface area contributed by atoms with Gasteiger partial charge >= 0.3 is 10.2 Å². The number of nitrogens with zero attached hydrogens (tertiary/aromatic N) is 3. The molecule has 2 heterocycles. The maximum absolute atomic E-state index is 11.6. The van der Waals surface area contributed by atoms with Gasteiger partial charge in [0.15, 0.2) is 0 Å². The molecule has 1 N–H and O–H groups in total. The first-order chi connectivity index (χ1) is 7.90. The second-order valence-corrected chi connectivity index (χ2v) is 6.31. The molecule has 17 heavy (non-hydrogen) atoms. The molecule has 8 heteroatoms. The molecule has 0 amide bonds. The lowest BCUT2D eigenvalue weighted by Crippen LogP contribution is -2.29. The molecule has 92 valence electrons. The topological polar surface area (TPSA) is 66.7 Å². The van der Waals surface area contributed by atoms with Gasteiger partial charge in [-0.05, 0) is 28.1 Å². The minimum Gasteiger partial charge on any atom is -0.292 e. The predicted octanol–water partition coefficient (Wildman–Crippen LogP) is 1.32. The Hall–Kier alpha value is -1.12. The summed E-state index contributed by atoms with van der Waals surface area (Å²) in [5, 5.41) is 0. The fourth-order valence-electron chi connectivity index (χ4n) is 1.25. The van der Waals surface area contributed by atoms with Crippen molar-refractivity contribution in [3.63, 3.8) is 0 Å². The van der Waals surface area contributed by atoms with Crippen LogP contribution in [-0.4, -0.2) is 36.2 Å². The molecule has 0 aliphatic rings. The Morgan fingerprint density at radius 3 is 2.76 bits per heavy atom. The molecule has 0 fully saturated rings. The van der Waals surface area contributed by atoms with Gasteiger partial charge in [0, 0.05) is 20.3 Å². The van der Waals surface area contributed by atoms with Crippen LogP contribution in [0, 0.1) is 0 Å². The Balaban J connectivity index is 2.41. The van der Waals surface area contributed by atoms with Crippen LogP contribution in [0.25, 0.3) is 5.65 Å². The quantitative estimate of drug-likeness (QED) is 0.928. The summed E-state index contributed by atoms with van der Waals surface area (Å²) < 4.78 is 29.3. The molecule has 0 aliphatic heterocycles. The maximum atomic E-state index is 11.6. The molecular weight excluding hydrogens is 308 g/mol. The van der Waals surface area contributed by atoms with Gasteiger partial charge in [-0.2, -0.15) is 12.7 Å². The van der Waals surface area contributed by atoms with Crippen molar-refractivity contribution in [2.24, 2.45) is 0 Å². The summed E-state index contributed by atoms with van der Waals surface area (Å²) in [4.78, 5) is 4.12. The van der Waals surface area contributed by atoms with Crippen molar-refractivity contribution >= 4 is 37.5 Å². The fourth-order valence-corrected chi connectivity index (χ4v) is 2.24. The van der Waals surface area contributed by atoms with E-state index >= 15 is 0 Å². The molecule has 2 rings (SSSR count). The molecule has 0 aliphatic carbocycles. The van der Waals surface area contributed by atoms with Crippen molar-refractivity contribution in [1.82, 2.24) is 13.7 Å². The van der Waals surface area contributed by atoms with E-state index in [9.17, 15) is 8.42 Å². The average molecular weight is 319 g/mol. The second kappa shape index (κ2) is 4.28. The lowest BCUT2D eigenvalue weighted by molar-refractivity contribution is 0.527. The first-order valence-corrected chi connectivity index (χ1v) is 6.96. The van der Waals surface area contributed by atoms with Crippen LogP contribution in [0.1, 0.15) is 0 Å². The summed E-state index contributed by atoms with van der Waals surface area (Å²) in [7, 11) is -0.549. The molecule has 2 aromatic rings. The Morgan fingerprint density at radius 2 is 2.12 bits per heavy atom. The largest absolute Gasteiger partial charge is 0.301 e. The zero-order chi connectivity index (χ0) is 12.6. The van der Waals surface area contributed by atoms with Crippen molar-refractivity contribution in [2.75, 3.05) is 18.8 Å². The van der Waals surface area contributed by atoms with Gasteiger partial charge in [0.25, 0.3) is 0 Å². The van der Waals surface area contributed by atoms with Crippen LogP contribution in [0.5, 0.6) is 0 Å². The molecule has 0 spiro atoms. The molecule has 0 unspecified atom stereocenters. The number of anilines is 1. The maximum Gasteiger partial charge on any atom is 0.301 e. The molecule has 0 atom stereocenters. The number of imidazole rings is 1. The lowest BCUT2D eigenvalue weighted by Gasteiger charge is -2.13. The minimum absolute atomic E-state index is 0.477. The number of hydrogen-bond acceptors (Lipinski definition) is 3. The summed E-state index contributed by atoms with van der Waals surface area (Å²) in [6.07, 6.45) is 3.31. The van der Waals surface area contributed by atoms with Gasteiger partial charge in [0.05, 0.1) is 11.9 Å². The summed E-state index contributed by atoms with van der Waals surface area (Å²) >= 11 is 3.32. The Labute approximate surface area is 108 Å². The smallest absolute Gasteiger partial charge is 0.292 e. The monoisotopic (exact) mass is 318 g/mol. The highest BCUT2D eigenvalue weighted by Crippen LogP contribution is 2.17. The van der Waals surface area contributed by atoms with Gasteiger partial charge in [0.1, 0.15) is 10.3 Å². The Bertz CT molecular complexity index is 650. The van der Waals surface area contributed by atoms with E-state index in [0.717, 1.165) is 14.6 Å². The molecule has 0 bridgehead atoms. The molecule has 0 saturated heterocycles. The number of rotatable bonds is 3. The summed E-state index contributed by atoms with van der Waals surface area (Å²) in [5.41, 5.74) is 1.22. The van der Waals surface area contributed by atoms with Crippen LogP contribution in [0.2, 0.25) is 0 Å². The zero-order valence-electron chi connectivity index (χ0n) is 9.25. The number of fused-ring (bicyclic) bond motifs is 1. The first-order valence-electron chi connectivity index (χ1n) is 4.73. The van der Waals surface area contributed by atoms with E-state index in [2.05, 4.69) is 25.6 Å². The lowest BCUT2D eigenvalue weighted by atomic mass is 10.4. The van der Waals surface area contributed by atoms with Crippen LogP contribution >= 0.6 is 15.9 Å². The van der Waals surface area contributed by atoms with Crippen molar-refractivity contribution in [2.45, 2.75) is 0 Å². The van der Waals surface area contributed by atoms with Crippen molar-refractivity contribution < 1.29 is 8.42 Å². The van der Waals surface area contributed by atoms with Crippen LogP contribution in [0.15, 0.2) is 29.1 Å². The number of halogens is 1. The third kappa shape index (κ3) is 2.43. The highest BCUT2D eigenvalue weighted by molar-refractivity contribution is 9.10.